The quantitative estimate of drug-likeness (QED) is 0.610. The van der Waals surface area contributed by atoms with Crippen molar-refractivity contribution in [1.29, 1.82) is 0 Å². The summed E-state index contributed by atoms with van der Waals surface area (Å²) >= 11 is 6.08. The monoisotopic (exact) mass is 211 g/mol. The summed E-state index contributed by atoms with van der Waals surface area (Å²) in [5.74, 6) is 0. The van der Waals surface area contributed by atoms with Gasteiger partial charge in [0.25, 0.3) is 0 Å². The third kappa shape index (κ3) is 1.53. The van der Waals surface area contributed by atoms with Gasteiger partial charge in [-0.25, -0.2) is 4.98 Å². The summed E-state index contributed by atoms with van der Waals surface area (Å²) in [7, 11) is 0. The number of aromatic nitrogens is 3. The first-order valence-electron chi connectivity index (χ1n) is 3.80. The second-order valence-corrected chi connectivity index (χ2v) is 4.33. The Labute approximate surface area is 86.0 Å². The smallest absolute Gasteiger partial charge is 0.124 e. The van der Waals surface area contributed by atoms with Crippen molar-refractivity contribution in [3.8, 4) is 0 Å². The molecule has 0 bridgehead atoms. The summed E-state index contributed by atoms with van der Waals surface area (Å²) in [6.45, 7) is 0. The first-order chi connectivity index (χ1) is 6.33. The van der Waals surface area contributed by atoms with Crippen LogP contribution in [0.15, 0.2) is 24.8 Å². The normalized spacial score (nSPS) is 13.4. The van der Waals surface area contributed by atoms with E-state index in [1.807, 2.05) is 23.1 Å². The predicted octanol–water partition coefficient (Wildman–Crippen LogP) is 2.18. The number of imidazole rings is 1. The highest BCUT2D eigenvalue weighted by Crippen LogP contribution is 2.27. The van der Waals surface area contributed by atoms with Gasteiger partial charge < -0.3 is 4.57 Å². The average molecular weight is 211 g/mol. The summed E-state index contributed by atoms with van der Waals surface area (Å²) < 4.78 is 2.10. The number of hydrogen-bond donors (Lipinski definition) is 1. The van der Waals surface area contributed by atoms with Gasteiger partial charge in [-0.3, -0.25) is 4.98 Å². The van der Waals surface area contributed by atoms with E-state index in [0.717, 1.165) is 11.0 Å². The number of rotatable bonds is 2. The molecule has 3 nitrogen and oxygen atoms in total. The number of thioether (sulfide) groups is 1. The molecular weight excluding hydrogens is 202 g/mol. The van der Waals surface area contributed by atoms with Crippen LogP contribution in [0.4, 0.5) is 0 Å². The summed E-state index contributed by atoms with van der Waals surface area (Å²) in [6, 6.07) is 1.90. The van der Waals surface area contributed by atoms with E-state index in [4.69, 9.17) is 0 Å². The third-order valence-electron chi connectivity index (χ3n) is 1.83. The molecule has 13 heavy (non-hydrogen) atoms. The van der Waals surface area contributed by atoms with Gasteiger partial charge in [0, 0.05) is 6.20 Å². The maximum atomic E-state index is 4.42. The zero-order chi connectivity index (χ0) is 9.26. The van der Waals surface area contributed by atoms with Gasteiger partial charge in [0.1, 0.15) is 4.71 Å². The maximum absolute atomic E-state index is 4.42. The number of fused-ring (bicyclic) bond motifs is 1. The summed E-state index contributed by atoms with van der Waals surface area (Å²) in [6.07, 6.45) is 7.36. The second-order valence-electron chi connectivity index (χ2n) is 2.58. The first kappa shape index (κ1) is 8.90. The van der Waals surface area contributed by atoms with Crippen molar-refractivity contribution in [1.82, 2.24) is 14.5 Å². The van der Waals surface area contributed by atoms with Crippen LogP contribution in [0.2, 0.25) is 0 Å². The standard InChI is InChI=1S/C8H9N3S2/c1-13-8(12)11-5-10-6-2-3-9-4-7(6)11/h2-5,8,12H,1H3. The van der Waals surface area contributed by atoms with Gasteiger partial charge in [-0.1, -0.05) is 0 Å². The Balaban J connectivity index is 2.57. The molecule has 2 aromatic rings. The van der Waals surface area contributed by atoms with Crippen molar-refractivity contribution in [2.45, 2.75) is 4.71 Å². The van der Waals surface area contributed by atoms with Crippen molar-refractivity contribution in [3.63, 3.8) is 0 Å². The molecule has 0 aliphatic heterocycles. The maximum Gasteiger partial charge on any atom is 0.124 e. The zero-order valence-electron chi connectivity index (χ0n) is 7.08. The Kier molecular flexibility index (Phi) is 2.46. The Bertz CT molecular complexity index is 412. The Morgan fingerprint density at radius 1 is 1.62 bits per heavy atom. The lowest BCUT2D eigenvalue weighted by Crippen LogP contribution is -1.95. The van der Waals surface area contributed by atoms with Crippen LogP contribution in [-0.2, 0) is 0 Å². The van der Waals surface area contributed by atoms with Gasteiger partial charge >= 0.3 is 0 Å². The Morgan fingerprint density at radius 2 is 2.46 bits per heavy atom. The number of hydrogen-bond acceptors (Lipinski definition) is 4. The summed E-state index contributed by atoms with van der Waals surface area (Å²) in [5.41, 5.74) is 1.99. The molecule has 0 saturated heterocycles. The SMILES string of the molecule is CSC(S)n1cnc2ccncc21. The molecule has 2 aromatic heterocycles. The van der Waals surface area contributed by atoms with E-state index in [9.17, 15) is 0 Å². The van der Waals surface area contributed by atoms with Crippen LogP contribution >= 0.6 is 24.4 Å². The minimum atomic E-state index is 0.106. The van der Waals surface area contributed by atoms with Crippen LogP contribution in [0.3, 0.4) is 0 Å². The molecule has 1 unspecified atom stereocenters. The van der Waals surface area contributed by atoms with Crippen molar-refractivity contribution in [2.24, 2.45) is 0 Å². The average Bonchev–Trinajstić information content (AvgIpc) is 2.60. The molecule has 0 aromatic carbocycles. The van der Waals surface area contributed by atoms with Crippen LogP contribution in [0.25, 0.3) is 11.0 Å². The van der Waals surface area contributed by atoms with E-state index in [0.29, 0.717) is 0 Å². The second kappa shape index (κ2) is 3.59. The molecule has 68 valence electrons. The molecule has 0 radical (unpaired) electrons. The highest BCUT2D eigenvalue weighted by atomic mass is 32.2. The molecule has 0 aliphatic carbocycles. The molecule has 0 spiro atoms. The molecule has 5 heteroatoms. The Morgan fingerprint density at radius 3 is 3.23 bits per heavy atom. The first-order valence-corrected chi connectivity index (χ1v) is 5.61. The molecule has 0 amide bonds. The van der Waals surface area contributed by atoms with E-state index >= 15 is 0 Å². The van der Waals surface area contributed by atoms with Gasteiger partial charge in [0.2, 0.25) is 0 Å². The summed E-state index contributed by atoms with van der Waals surface area (Å²) in [4.78, 5) is 8.31. The van der Waals surface area contributed by atoms with Gasteiger partial charge in [-0.05, 0) is 12.3 Å². The summed E-state index contributed by atoms with van der Waals surface area (Å²) in [5, 5.41) is 0. The lowest BCUT2D eigenvalue weighted by molar-refractivity contribution is 0.907. The molecule has 0 fully saturated rings. The van der Waals surface area contributed by atoms with E-state index in [2.05, 4.69) is 22.6 Å². The lowest BCUT2D eigenvalue weighted by Gasteiger charge is -2.09. The predicted molar refractivity (Wildman–Crippen MR) is 59.1 cm³/mol. The highest BCUT2D eigenvalue weighted by molar-refractivity contribution is 8.08. The molecule has 2 heterocycles. The van der Waals surface area contributed by atoms with Gasteiger partial charge in [-0.2, -0.15) is 0 Å². The van der Waals surface area contributed by atoms with Crippen LogP contribution < -0.4 is 0 Å². The minimum absolute atomic E-state index is 0.106. The lowest BCUT2D eigenvalue weighted by atomic mass is 10.4. The van der Waals surface area contributed by atoms with E-state index in [1.165, 1.54) is 0 Å². The Hall–Kier alpha value is -0.680. The number of thiol groups is 1. The van der Waals surface area contributed by atoms with Crippen LogP contribution in [0.5, 0.6) is 0 Å². The number of nitrogens with zero attached hydrogens (tertiary/aromatic N) is 3. The zero-order valence-corrected chi connectivity index (χ0v) is 8.79. The fourth-order valence-electron chi connectivity index (χ4n) is 1.16. The van der Waals surface area contributed by atoms with E-state index < -0.39 is 0 Å². The fourth-order valence-corrected chi connectivity index (χ4v) is 1.74. The minimum Gasteiger partial charge on any atom is -0.307 e. The topological polar surface area (TPSA) is 30.7 Å². The van der Waals surface area contributed by atoms with Crippen LogP contribution in [0.1, 0.15) is 4.71 Å². The molecule has 0 saturated carbocycles. The van der Waals surface area contributed by atoms with Crippen molar-refractivity contribution in [3.05, 3.63) is 24.8 Å². The van der Waals surface area contributed by atoms with Crippen LogP contribution in [0, 0.1) is 0 Å². The highest BCUT2D eigenvalue weighted by Gasteiger charge is 2.07. The molecule has 1 atom stereocenters. The third-order valence-corrected chi connectivity index (χ3v) is 3.36. The van der Waals surface area contributed by atoms with Crippen molar-refractivity contribution >= 4 is 35.4 Å². The molecular formula is C8H9N3S2. The van der Waals surface area contributed by atoms with Crippen molar-refractivity contribution < 1.29 is 0 Å². The van der Waals surface area contributed by atoms with Gasteiger partial charge in [0.05, 0.1) is 23.6 Å². The van der Waals surface area contributed by atoms with Crippen LogP contribution in [-0.4, -0.2) is 20.8 Å². The fraction of sp³-hybridized carbons (Fsp3) is 0.250. The largest absolute Gasteiger partial charge is 0.307 e. The van der Waals surface area contributed by atoms with Gasteiger partial charge in [0.15, 0.2) is 0 Å². The van der Waals surface area contributed by atoms with E-state index in [-0.39, 0.29) is 4.71 Å². The molecule has 0 aliphatic rings. The number of pyridine rings is 1. The molecule has 2 rings (SSSR count). The molecule has 0 N–H and O–H groups in total. The van der Waals surface area contributed by atoms with Gasteiger partial charge in [-0.15, -0.1) is 24.4 Å². The van der Waals surface area contributed by atoms with Crippen molar-refractivity contribution in [2.75, 3.05) is 6.26 Å². The van der Waals surface area contributed by atoms with E-state index in [1.54, 1.807) is 24.3 Å².